The predicted octanol–water partition coefficient (Wildman–Crippen LogP) is 3.37. The summed E-state index contributed by atoms with van der Waals surface area (Å²) in [6, 6.07) is 15.6. The number of likely N-dealkylation sites (N-methyl/N-ethyl adjacent to an activating group) is 1. The van der Waals surface area contributed by atoms with Crippen LogP contribution in [0.15, 0.2) is 48.5 Å². The third-order valence-corrected chi connectivity index (χ3v) is 5.17. The highest BCUT2D eigenvalue weighted by Crippen LogP contribution is 2.28. The van der Waals surface area contributed by atoms with Crippen LogP contribution >= 0.6 is 0 Å². The van der Waals surface area contributed by atoms with Crippen molar-refractivity contribution in [3.63, 3.8) is 0 Å². The maximum absolute atomic E-state index is 13.1. The monoisotopic (exact) mass is 368 g/mol. The van der Waals surface area contributed by atoms with Gasteiger partial charge >= 0.3 is 0 Å². The predicted molar refractivity (Wildman–Crippen MR) is 108 cm³/mol. The molecule has 0 radical (unpaired) electrons. The number of fused-ring (bicyclic) bond motifs is 1. The van der Waals surface area contributed by atoms with Crippen molar-refractivity contribution in [2.75, 3.05) is 38.8 Å². The summed E-state index contributed by atoms with van der Waals surface area (Å²) in [6.07, 6.45) is 2.05. The van der Waals surface area contributed by atoms with Gasteiger partial charge in [-0.3, -0.25) is 9.69 Å². The summed E-state index contributed by atoms with van der Waals surface area (Å²) in [6.45, 7) is 3.89. The third-order valence-electron chi connectivity index (χ3n) is 5.17. The molecule has 0 saturated heterocycles. The smallest absolute Gasteiger partial charge is 0.244 e. The molecule has 0 bridgehead atoms. The molecule has 1 amide bonds. The van der Waals surface area contributed by atoms with Crippen molar-refractivity contribution in [1.82, 2.24) is 4.90 Å². The number of aryl methyl sites for hydroxylation is 1. The Labute approximate surface area is 161 Å². The molecule has 5 heteroatoms. The van der Waals surface area contributed by atoms with Crippen molar-refractivity contribution in [2.24, 2.45) is 0 Å². The normalized spacial score (nSPS) is 14.6. The standard InChI is InChI=1S/C22H28N2O3/c1-17(22(25)24-14-8-10-18-9-4-5-11-19(18)24)23(2)15-16-27-21-13-7-6-12-20(21)26-3/h4-7,9,11-13,17H,8,10,14-16H2,1-3H3. The molecule has 0 N–H and O–H groups in total. The minimum atomic E-state index is -0.211. The molecule has 1 unspecified atom stereocenters. The summed E-state index contributed by atoms with van der Waals surface area (Å²) < 4.78 is 11.1. The van der Waals surface area contributed by atoms with Gasteiger partial charge in [0.15, 0.2) is 11.5 Å². The van der Waals surface area contributed by atoms with E-state index in [2.05, 4.69) is 6.07 Å². The van der Waals surface area contributed by atoms with E-state index in [1.165, 1.54) is 5.56 Å². The SMILES string of the molecule is COc1ccccc1OCCN(C)C(C)C(=O)N1CCCc2ccccc21. The van der Waals surface area contributed by atoms with Crippen molar-refractivity contribution < 1.29 is 14.3 Å². The molecule has 2 aromatic rings. The van der Waals surface area contributed by atoms with Gasteiger partial charge in [-0.15, -0.1) is 0 Å². The summed E-state index contributed by atoms with van der Waals surface area (Å²) in [5.74, 6) is 1.58. The number of nitrogens with zero attached hydrogens (tertiary/aromatic N) is 2. The Morgan fingerprint density at radius 2 is 1.85 bits per heavy atom. The molecule has 1 aliphatic rings. The van der Waals surface area contributed by atoms with Crippen LogP contribution in [0.4, 0.5) is 5.69 Å². The second-order valence-corrected chi connectivity index (χ2v) is 6.88. The lowest BCUT2D eigenvalue weighted by atomic mass is 10.0. The first-order valence-electron chi connectivity index (χ1n) is 9.47. The van der Waals surface area contributed by atoms with Crippen molar-refractivity contribution in [3.05, 3.63) is 54.1 Å². The van der Waals surface area contributed by atoms with Crippen LogP contribution in [0.2, 0.25) is 0 Å². The average molecular weight is 368 g/mol. The number of carbonyl (C=O) groups excluding carboxylic acids is 1. The van der Waals surface area contributed by atoms with Gasteiger partial charge in [0.05, 0.1) is 13.2 Å². The molecule has 27 heavy (non-hydrogen) atoms. The van der Waals surface area contributed by atoms with Gasteiger partial charge in [-0.05, 0) is 50.6 Å². The number of hydrogen-bond donors (Lipinski definition) is 0. The van der Waals surface area contributed by atoms with E-state index in [0.29, 0.717) is 18.9 Å². The lowest BCUT2D eigenvalue weighted by Gasteiger charge is -2.34. The van der Waals surface area contributed by atoms with Crippen LogP contribution in [0, 0.1) is 0 Å². The highest BCUT2D eigenvalue weighted by molar-refractivity contribution is 5.97. The van der Waals surface area contributed by atoms with Crippen molar-refractivity contribution >= 4 is 11.6 Å². The molecule has 0 fully saturated rings. The van der Waals surface area contributed by atoms with Gasteiger partial charge < -0.3 is 14.4 Å². The van der Waals surface area contributed by atoms with Gasteiger partial charge in [0.25, 0.3) is 0 Å². The topological polar surface area (TPSA) is 42.0 Å². The van der Waals surface area contributed by atoms with E-state index in [-0.39, 0.29) is 11.9 Å². The molecule has 144 valence electrons. The van der Waals surface area contributed by atoms with E-state index in [1.54, 1.807) is 7.11 Å². The van der Waals surface area contributed by atoms with Crippen LogP contribution in [0.3, 0.4) is 0 Å². The first-order chi connectivity index (χ1) is 13.1. The van der Waals surface area contributed by atoms with Crippen LogP contribution in [0.1, 0.15) is 18.9 Å². The first kappa shape index (κ1) is 19.2. The van der Waals surface area contributed by atoms with Gasteiger partial charge in [0.1, 0.15) is 6.61 Å². The third kappa shape index (κ3) is 4.42. The Morgan fingerprint density at radius 1 is 1.15 bits per heavy atom. The Hall–Kier alpha value is -2.53. The highest BCUT2D eigenvalue weighted by atomic mass is 16.5. The Bertz CT molecular complexity index is 778. The molecular formula is C22H28N2O3. The quantitative estimate of drug-likeness (QED) is 0.751. The zero-order valence-corrected chi connectivity index (χ0v) is 16.4. The molecule has 1 atom stereocenters. The van der Waals surface area contributed by atoms with Crippen LogP contribution in [0.25, 0.3) is 0 Å². The average Bonchev–Trinajstić information content (AvgIpc) is 2.72. The van der Waals surface area contributed by atoms with E-state index in [1.807, 2.05) is 66.2 Å². The molecule has 0 spiro atoms. The van der Waals surface area contributed by atoms with Gasteiger partial charge in [-0.2, -0.15) is 0 Å². The fraction of sp³-hybridized carbons (Fsp3) is 0.409. The summed E-state index contributed by atoms with van der Waals surface area (Å²) in [7, 11) is 3.59. The maximum Gasteiger partial charge on any atom is 0.244 e. The van der Waals surface area contributed by atoms with E-state index in [9.17, 15) is 4.79 Å². The van der Waals surface area contributed by atoms with Gasteiger partial charge in [-0.25, -0.2) is 0 Å². The van der Waals surface area contributed by atoms with Gasteiger partial charge in [0, 0.05) is 18.8 Å². The lowest BCUT2D eigenvalue weighted by Crippen LogP contribution is -2.48. The molecule has 3 rings (SSSR count). The van der Waals surface area contributed by atoms with Crippen molar-refractivity contribution in [3.8, 4) is 11.5 Å². The van der Waals surface area contributed by atoms with E-state index >= 15 is 0 Å². The highest BCUT2D eigenvalue weighted by Gasteiger charge is 2.28. The lowest BCUT2D eigenvalue weighted by molar-refractivity contribution is -0.123. The minimum absolute atomic E-state index is 0.141. The molecule has 1 heterocycles. The summed E-state index contributed by atoms with van der Waals surface area (Å²) in [4.78, 5) is 17.0. The zero-order chi connectivity index (χ0) is 19.2. The van der Waals surface area contributed by atoms with E-state index < -0.39 is 0 Å². The summed E-state index contributed by atoms with van der Waals surface area (Å²) in [5.41, 5.74) is 2.31. The van der Waals surface area contributed by atoms with Gasteiger partial charge in [0.2, 0.25) is 5.91 Å². The van der Waals surface area contributed by atoms with E-state index in [0.717, 1.165) is 30.8 Å². The number of ether oxygens (including phenoxy) is 2. The molecule has 5 nitrogen and oxygen atoms in total. The number of anilines is 1. The van der Waals surface area contributed by atoms with Crippen molar-refractivity contribution in [1.29, 1.82) is 0 Å². The number of methoxy groups -OCH3 is 1. The number of rotatable bonds is 7. The molecule has 0 aliphatic carbocycles. The minimum Gasteiger partial charge on any atom is -0.493 e. The fourth-order valence-corrected chi connectivity index (χ4v) is 3.41. The molecular weight excluding hydrogens is 340 g/mol. The largest absolute Gasteiger partial charge is 0.493 e. The van der Waals surface area contributed by atoms with E-state index in [4.69, 9.17) is 9.47 Å². The summed E-state index contributed by atoms with van der Waals surface area (Å²) >= 11 is 0. The number of amides is 1. The van der Waals surface area contributed by atoms with Crippen molar-refractivity contribution in [2.45, 2.75) is 25.8 Å². The van der Waals surface area contributed by atoms with Crippen LogP contribution < -0.4 is 14.4 Å². The number of hydrogen-bond acceptors (Lipinski definition) is 4. The maximum atomic E-state index is 13.1. The van der Waals surface area contributed by atoms with Crippen LogP contribution in [0.5, 0.6) is 11.5 Å². The number of para-hydroxylation sites is 3. The number of benzene rings is 2. The molecule has 0 saturated carbocycles. The fourth-order valence-electron chi connectivity index (χ4n) is 3.41. The molecule has 1 aliphatic heterocycles. The number of carbonyl (C=O) groups is 1. The van der Waals surface area contributed by atoms with Gasteiger partial charge in [-0.1, -0.05) is 30.3 Å². The second kappa shape index (κ2) is 8.91. The zero-order valence-electron chi connectivity index (χ0n) is 16.4. The Kier molecular flexibility index (Phi) is 6.35. The first-order valence-corrected chi connectivity index (χ1v) is 9.47. The summed E-state index contributed by atoms with van der Waals surface area (Å²) in [5, 5.41) is 0. The Morgan fingerprint density at radius 3 is 2.63 bits per heavy atom. The van der Waals surface area contributed by atoms with Crippen LogP contribution in [-0.2, 0) is 11.2 Å². The van der Waals surface area contributed by atoms with Crippen LogP contribution in [-0.4, -0.2) is 50.7 Å². The molecule has 0 aromatic heterocycles. The second-order valence-electron chi connectivity index (χ2n) is 6.88. The molecule has 2 aromatic carbocycles. The Balaban J connectivity index is 1.57.